The molecule has 5 heteroatoms. The number of amides is 1. The van der Waals surface area contributed by atoms with Crippen molar-refractivity contribution in [1.82, 2.24) is 15.2 Å². The van der Waals surface area contributed by atoms with Crippen LogP contribution in [0.15, 0.2) is 18.3 Å². The normalized spacial score (nSPS) is 10.5. The average Bonchev–Trinajstić information content (AvgIpc) is 2.29. The summed E-state index contributed by atoms with van der Waals surface area (Å²) in [4.78, 5) is 17.4. The molecule has 0 spiro atoms. The first-order chi connectivity index (χ1) is 8.11. The molecule has 94 valence electrons. The smallest absolute Gasteiger partial charge is 0.234 e. The Bertz CT molecular complexity index is 351. The van der Waals surface area contributed by atoms with Crippen molar-refractivity contribution in [3.05, 3.63) is 24.0 Å². The van der Waals surface area contributed by atoms with Gasteiger partial charge in [0.2, 0.25) is 5.91 Å². The standard InChI is InChI=1S/C12H19N3O2/c1-3-6-13-12(17)9-15(2)8-10-4-5-11(16)7-14-10/h4-5,7,16H,3,6,8-9H2,1-2H3,(H,13,17). The molecule has 0 aliphatic rings. The molecule has 0 unspecified atom stereocenters. The summed E-state index contributed by atoms with van der Waals surface area (Å²) in [5.41, 5.74) is 0.827. The number of aromatic nitrogens is 1. The lowest BCUT2D eigenvalue weighted by molar-refractivity contribution is -0.122. The van der Waals surface area contributed by atoms with E-state index in [1.54, 1.807) is 12.1 Å². The fraction of sp³-hybridized carbons (Fsp3) is 0.500. The van der Waals surface area contributed by atoms with E-state index in [1.165, 1.54) is 6.20 Å². The summed E-state index contributed by atoms with van der Waals surface area (Å²) in [7, 11) is 1.86. The van der Waals surface area contributed by atoms with E-state index in [0.717, 1.165) is 12.1 Å². The van der Waals surface area contributed by atoms with Crippen LogP contribution >= 0.6 is 0 Å². The van der Waals surface area contributed by atoms with Gasteiger partial charge in [-0.05, 0) is 25.6 Å². The van der Waals surface area contributed by atoms with Crippen LogP contribution in [0.1, 0.15) is 19.0 Å². The summed E-state index contributed by atoms with van der Waals surface area (Å²) in [5.74, 6) is 0.172. The lowest BCUT2D eigenvalue weighted by Gasteiger charge is -2.15. The molecule has 0 aliphatic carbocycles. The van der Waals surface area contributed by atoms with Gasteiger partial charge in [0.05, 0.1) is 18.4 Å². The molecule has 0 bridgehead atoms. The number of nitrogens with zero attached hydrogens (tertiary/aromatic N) is 2. The minimum absolute atomic E-state index is 0.0214. The van der Waals surface area contributed by atoms with Crippen LogP contribution in [0.3, 0.4) is 0 Å². The second kappa shape index (κ2) is 6.85. The molecule has 1 amide bonds. The SMILES string of the molecule is CCCNC(=O)CN(C)Cc1ccc(O)cn1. The number of likely N-dealkylation sites (N-methyl/N-ethyl adjacent to an activating group) is 1. The summed E-state index contributed by atoms with van der Waals surface area (Å²) < 4.78 is 0. The van der Waals surface area contributed by atoms with Crippen LogP contribution in [-0.2, 0) is 11.3 Å². The van der Waals surface area contributed by atoms with Gasteiger partial charge in [0.15, 0.2) is 0 Å². The first kappa shape index (κ1) is 13.4. The second-order valence-corrected chi connectivity index (χ2v) is 4.03. The molecule has 1 heterocycles. The monoisotopic (exact) mass is 237 g/mol. The third-order valence-corrected chi connectivity index (χ3v) is 2.23. The van der Waals surface area contributed by atoms with E-state index >= 15 is 0 Å². The van der Waals surface area contributed by atoms with Crippen molar-refractivity contribution >= 4 is 5.91 Å². The fourth-order valence-corrected chi connectivity index (χ4v) is 1.41. The third kappa shape index (κ3) is 5.31. The van der Waals surface area contributed by atoms with Crippen molar-refractivity contribution in [2.45, 2.75) is 19.9 Å². The van der Waals surface area contributed by atoms with Gasteiger partial charge in [-0.15, -0.1) is 0 Å². The lowest BCUT2D eigenvalue weighted by atomic mass is 10.3. The average molecular weight is 237 g/mol. The molecule has 0 saturated carbocycles. The van der Waals surface area contributed by atoms with Crippen LogP contribution < -0.4 is 5.32 Å². The Labute approximate surface area is 101 Å². The Hall–Kier alpha value is -1.62. The van der Waals surface area contributed by atoms with E-state index in [2.05, 4.69) is 10.3 Å². The summed E-state index contributed by atoms with van der Waals surface area (Å²) >= 11 is 0. The number of aromatic hydroxyl groups is 1. The molecule has 0 aliphatic heterocycles. The van der Waals surface area contributed by atoms with E-state index in [4.69, 9.17) is 5.11 Å². The maximum atomic E-state index is 11.4. The molecule has 5 nitrogen and oxygen atoms in total. The predicted molar refractivity (Wildman–Crippen MR) is 65.5 cm³/mol. The quantitative estimate of drug-likeness (QED) is 0.766. The van der Waals surface area contributed by atoms with E-state index in [1.807, 2.05) is 18.9 Å². The fourth-order valence-electron chi connectivity index (χ4n) is 1.41. The molecule has 2 N–H and O–H groups in total. The first-order valence-electron chi connectivity index (χ1n) is 5.71. The highest BCUT2D eigenvalue weighted by molar-refractivity contribution is 5.77. The maximum Gasteiger partial charge on any atom is 0.234 e. The van der Waals surface area contributed by atoms with Gasteiger partial charge in [0.25, 0.3) is 0 Å². The predicted octanol–water partition coefficient (Wildman–Crippen LogP) is 0.745. The number of carbonyl (C=O) groups is 1. The van der Waals surface area contributed by atoms with Crippen molar-refractivity contribution in [2.75, 3.05) is 20.1 Å². The van der Waals surface area contributed by atoms with E-state index < -0.39 is 0 Å². The summed E-state index contributed by atoms with van der Waals surface area (Å²) in [6.07, 6.45) is 2.34. The molecule has 1 aromatic rings. The third-order valence-electron chi connectivity index (χ3n) is 2.23. The first-order valence-corrected chi connectivity index (χ1v) is 5.71. The van der Waals surface area contributed by atoms with Crippen molar-refractivity contribution < 1.29 is 9.90 Å². The second-order valence-electron chi connectivity index (χ2n) is 4.03. The molecule has 0 saturated heterocycles. The number of hydrogen-bond acceptors (Lipinski definition) is 4. The number of hydrogen-bond donors (Lipinski definition) is 2. The van der Waals surface area contributed by atoms with Crippen LogP contribution in [0, 0.1) is 0 Å². The van der Waals surface area contributed by atoms with Gasteiger partial charge in [-0.3, -0.25) is 14.7 Å². The number of pyridine rings is 1. The Balaban J connectivity index is 2.36. The largest absolute Gasteiger partial charge is 0.506 e. The van der Waals surface area contributed by atoms with Gasteiger partial charge in [-0.25, -0.2) is 0 Å². The van der Waals surface area contributed by atoms with Gasteiger partial charge < -0.3 is 10.4 Å². The summed E-state index contributed by atoms with van der Waals surface area (Å²) in [5, 5.41) is 11.9. The highest BCUT2D eigenvalue weighted by Gasteiger charge is 2.06. The molecule has 1 rings (SSSR count). The lowest BCUT2D eigenvalue weighted by Crippen LogP contribution is -2.35. The van der Waals surface area contributed by atoms with Gasteiger partial charge >= 0.3 is 0 Å². The van der Waals surface area contributed by atoms with E-state index in [9.17, 15) is 4.79 Å². The number of rotatable bonds is 6. The van der Waals surface area contributed by atoms with Crippen molar-refractivity contribution in [3.8, 4) is 5.75 Å². The topological polar surface area (TPSA) is 65.5 Å². The Morgan fingerprint density at radius 3 is 2.88 bits per heavy atom. The van der Waals surface area contributed by atoms with Crippen LogP contribution in [0.4, 0.5) is 0 Å². The highest BCUT2D eigenvalue weighted by Crippen LogP contribution is 2.07. The Kier molecular flexibility index (Phi) is 5.42. The molecule has 0 atom stereocenters. The minimum atomic E-state index is 0.0214. The summed E-state index contributed by atoms with van der Waals surface area (Å²) in [6.45, 7) is 3.66. The van der Waals surface area contributed by atoms with Gasteiger partial charge in [-0.1, -0.05) is 6.92 Å². The van der Waals surface area contributed by atoms with Gasteiger partial charge in [-0.2, -0.15) is 0 Å². The molecule has 1 aromatic heterocycles. The maximum absolute atomic E-state index is 11.4. The number of nitrogens with one attached hydrogen (secondary N) is 1. The summed E-state index contributed by atoms with van der Waals surface area (Å²) in [6, 6.07) is 3.34. The molecular formula is C12H19N3O2. The van der Waals surface area contributed by atoms with Crippen LogP contribution in [-0.4, -0.2) is 41.0 Å². The Morgan fingerprint density at radius 1 is 1.53 bits per heavy atom. The zero-order valence-corrected chi connectivity index (χ0v) is 10.3. The van der Waals surface area contributed by atoms with E-state index in [0.29, 0.717) is 19.6 Å². The van der Waals surface area contributed by atoms with Crippen molar-refractivity contribution in [2.24, 2.45) is 0 Å². The minimum Gasteiger partial charge on any atom is -0.506 e. The van der Waals surface area contributed by atoms with Crippen LogP contribution in [0.25, 0.3) is 0 Å². The van der Waals surface area contributed by atoms with Crippen molar-refractivity contribution in [3.63, 3.8) is 0 Å². The Morgan fingerprint density at radius 2 is 2.29 bits per heavy atom. The molecular weight excluding hydrogens is 218 g/mol. The van der Waals surface area contributed by atoms with Gasteiger partial charge in [0.1, 0.15) is 5.75 Å². The zero-order chi connectivity index (χ0) is 12.7. The molecule has 0 aromatic carbocycles. The molecule has 0 radical (unpaired) electrons. The highest BCUT2D eigenvalue weighted by atomic mass is 16.3. The number of carbonyl (C=O) groups excluding carboxylic acids is 1. The zero-order valence-electron chi connectivity index (χ0n) is 10.3. The van der Waals surface area contributed by atoms with Crippen LogP contribution in [0.2, 0.25) is 0 Å². The molecule has 0 fully saturated rings. The van der Waals surface area contributed by atoms with Gasteiger partial charge in [0, 0.05) is 13.1 Å². The van der Waals surface area contributed by atoms with E-state index in [-0.39, 0.29) is 11.7 Å². The van der Waals surface area contributed by atoms with Crippen LogP contribution in [0.5, 0.6) is 5.75 Å². The molecule has 17 heavy (non-hydrogen) atoms. The van der Waals surface area contributed by atoms with Crippen molar-refractivity contribution in [1.29, 1.82) is 0 Å².